The van der Waals surface area contributed by atoms with Gasteiger partial charge in [-0.25, -0.2) is 0 Å². The van der Waals surface area contributed by atoms with Crippen molar-refractivity contribution in [1.29, 1.82) is 0 Å². The molecule has 10 heavy (non-hydrogen) atoms. The van der Waals surface area contributed by atoms with Crippen molar-refractivity contribution < 1.29 is 14.6 Å². The fourth-order valence-corrected chi connectivity index (χ4v) is 0.454. The molecule has 0 aliphatic rings. The Morgan fingerprint density at radius 1 is 1.60 bits per heavy atom. The number of aliphatic hydroxyl groups is 1. The van der Waals surface area contributed by atoms with Gasteiger partial charge >= 0.3 is 0 Å². The highest BCUT2D eigenvalue weighted by Gasteiger charge is 2.01. The van der Waals surface area contributed by atoms with Gasteiger partial charge in [0.15, 0.2) is 6.29 Å². The second-order valence-corrected chi connectivity index (χ2v) is 1.75. The quantitative estimate of drug-likeness (QED) is 0.454. The van der Waals surface area contributed by atoms with E-state index < -0.39 is 6.29 Å². The average molecular weight is 146 g/mol. The summed E-state index contributed by atoms with van der Waals surface area (Å²) < 4.78 is 9.76. The largest absolute Gasteiger partial charge is 0.391 e. The molecule has 1 N–H and O–H groups in total. The third kappa shape index (κ3) is 4.49. The molecule has 1 unspecified atom stereocenters. The van der Waals surface area contributed by atoms with Crippen LogP contribution in [0, 0.1) is 0 Å². The van der Waals surface area contributed by atoms with Crippen LogP contribution in [-0.4, -0.2) is 31.7 Å². The van der Waals surface area contributed by atoms with E-state index in [-0.39, 0.29) is 6.61 Å². The first-order valence-electron chi connectivity index (χ1n) is 3.21. The number of hydrogen-bond acceptors (Lipinski definition) is 3. The van der Waals surface area contributed by atoms with Gasteiger partial charge in [-0.3, -0.25) is 0 Å². The summed E-state index contributed by atoms with van der Waals surface area (Å²) in [7, 11) is 1.50. The molecule has 0 spiro atoms. The van der Waals surface area contributed by atoms with E-state index in [2.05, 4.69) is 0 Å². The summed E-state index contributed by atoms with van der Waals surface area (Å²) in [6, 6.07) is 0. The Labute approximate surface area is 61.3 Å². The Morgan fingerprint density at radius 3 is 2.70 bits per heavy atom. The minimum Gasteiger partial charge on any atom is -0.391 e. The molecular formula is C7H14O3. The Morgan fingerprint density at radius 2 is 2.30 bits per heavy atom. The predicted molar refractivity (Wildman–Crippen MR) is 38.6 cm³/mol. The second-order valence-electron chi connectivity index (χ2n) is 1.75. The highest BCUT2D eigenvalue weighted by Crippen LogP contribution is 1.90. The molecule has 0 aromatic heterocycles. The zero-order valence-electron chi connectivity index (χ0n) is 6.41. The lowest BCUT2D eigenvalue weighted by molar-refractivity contribution is -0.138. The summed E-state index contributed by atoms with van der Waals surface area (Å²) in [5.41, 5.74) is 0. The van der Waals surface area contributed by atoms with Gasteiger partial charge < -0.3 is 14.6 Å². The van der Waals surface area contributed by atoms with Gasteiger partial charge in [0, 0.05) is 7.11 Å². The van der Waals surface area contributed by atoms with E-state index in [1.54, 1.807) is 0 Å². The molecule has 0 amide bonds. The van der Waals surface area contributed by atoms with Crippen molar-refractivity contribution in [3.8, 4) is 0 Å². The smallest absolute Gasteiger partial charge is 0.180 e. The third-order valence-corrected chi connectivity index (χ3v) is 1.03. The molecule has 3 nitrogen and oxygen atoms in total. The molecule has 0 rings (SSSR count). The summed E-state index contributed by atoms with van der Waals surface area (Å²) in [6.45, 7) is 2.29. The van der Waals surface area contributed by atoms with Crippen molar-refractivity contribution >= 4 is 0 Å². The Hall–Kier alpha value is -0.380. The van der Waals surface area contributed by atoms with Gasteiger partial charge in [-0.15, -0.1) is 0 Å². The number of allylic oxidation sites excluding steroid dienone is 1. The number of hydrogen-bond donors (Lipinski definition) is 1. The van der Waals surface area contributed by atoms with Gasteiger partial charge in [0.2, 0.25) is 0 Å². The highest BCUT2D eigenvalue weighted by molar-refractivity contribution is 4.75. The molecule has 0 aromatic carbocycles. The first kappa shape index (κ1) is 9.62. The molecule has 0 aliphatic heterocycles. The number of aliphatic hydroxyl groups excluding tert-OH is 1. The molecule has 0 aromatic rings. The Balaban J connectivity index is 3.25. The zero-order valence-corrected chi connectivity index (χ0v) is 6.41. The van der Waals surface area contributed by atoms with E-state index in [1.807, 2.05) is 19.1 Å². The van der Waals surface area contributed by atoms with E-state index >= 15 is 0 Å². The van der Waals surface area contributed by atoms with Crippen molar-refractivity contribution in [3.63, 3.8) is 0 Å². The molecular weight excluding hydrogens is 132 g/mol. The normalized spacial score (nSPS) is 14.3. The standard InChI is InChI=1S/C7H14O3/c1-3-4-5-10-7(6-8)9-2/h3-4,7-8H,5-6H2,1-2H3. The molecule has 0 heterocycles. The third-order valence-electron chi connectivity index (χ3n) is 1.03. The maximum Gasteiger partial charge on any atom is 0.180 e. The molecule has 0 saturated carbocycles. The lowest BCUT2D eigenvalue weighted by Crippen LogP contribution is -2.19. The maximum atomic E-state index is 8.55. The lowest BCUT2D eigenvalue weighted by atomic mass is 10.5. The zero-order chi connectivity index (χ0) is 7.82. The van der Waals surface area contributed by atoms with Gasteiger partial charge in [0.1, 0.15) is 0 Å². The molecule has 1 atom stereocenters. The first-order chi connectivity index (χ1) is 4.85. The Kier molecular flexibility index (Phi) is 6.48. The van der Waals surface area contributed by atoms with Crippen LogP contribution in [0.25, 0.3) is 0 Å². The summed E-state index contributed by atoms with van der Waals surface area (Å²) in [6.07, 6.45) is 3.24. The molecule has 0 aliphatic carbocycles. The topological polar surface area (TPSA) is 38.7 Å². The van der Waals surface area contributed by atoms with E-state index in [9.17, 15) is 0 Å². The van der Waals surface area contributed by atoms with Crippen LogP contribution in [0.1, 0.15) is 6.92 Å². The number of rotatable bonds is 5. The molecule has 3 heteroatoms. The van der Waals surface area contributed by atoms with Crippen molar-refractivity contribution in [2.75, 3.05) is 20.3 Å². The number of ether oxygens (including phenoxy) is 2. The summed E-state index contributed by atoms with van der Waals surface area (Å²) in [5, 5.41) is 8.55. The van der Waals surface area contributed by atoms with Crippen LogP contribution < -0.4 is 0 Å². The van der Waals surface area contributed by atoms with E-state index in [1.165, 1.54) is 7.11 Å². The Bertz CT molecular complexity index is 86.9. The summed E-state index contributed by atoms with van der Waals surface area (Å²) in [5.74, 6) is 0. The van der Waals surface area contributed by atoms with Crippen molar-refractivity contribution in [2.24, 2.45) is 0 Å². The van der Waals surface area contributed by atoms with Crippen LogP contribution >= 0.6 is 0 Å². The molecule has 0 fully saturated rings. The van der Waals surface area contributed by atoms with Crippen LogP contribution in [0.2, 0.25) is 0 Å². The van der Waals surface area contributed by atoms with Gasteiger partial charge in [-0.2, -0.15) is 0 Å². The van der Waals surface area contributed by atoms with Gasteiger partial charge in [0.05, 0.1) is 13.2 Å². The van der Waals surface area contributed by atoms with Crippen molar-refractivity contribution in [2.45, 2.75) is 13.2 Å². The van der Waals surface area contributed by atoms with E-state index in [0.29, 0.717) is 6.61 Å². The van der Waals surface area contributed by atoms with Gasteiger partial charge in [-0.1, -0.05) is 12.2 Å². The van der Waals surface area contributed by atoms with Crippen LogP contribution in [-0.2, 0) is 9.47 Å². The maximum absolute atomic E-state index is 8.55. The average Bonchev–Trinajstić information content (AvgIpc) is 1.99. The van der Waals surface area contributed by atoms with E-state index in [0.717, 1.165) is 0 Å². The molecule has 60 valence electrons. The lowest BCUT2D eigenvalue weighted by Gasteiger charge is -2.10. The van der Waals surface area contributed by atoms with Gasteiger partial charge in [0.25, 0.3) is 0 Å². The minimum atomic E-state index is -0.490. The first-order valence-corrected chi connectivity index (χ1v) is 3.21. The second kappa shape index (κ2) is 6.74. The van der Waals surface area contributed by atoms with Crippen molar-refractivity contribution in [3.05, 3.63) is 12.2 Å². The summed E-state index contributed by atoms with van der Waals surface area (Å²) in [4.78, 5) is 0. The van der Waals surface area contributed by atoms with Crippen molar-refractivity contribution in [1.82, 2.24) is 0 Å². The monoisotopic (exact) mass is 146 g/mol. The fourth-order valence-electron chi connectivity index (χ4n) is 0.454. The van der Waals surface area contributed by atoms with Crippen LogP contribution in [0.3, 0.4) is 0 Å². The number of methoxy groups -OCH3 is 1. The predicted octanol–water partition coefficient (Wildman–Crippen LogP) is 0.544. The van der Waals surface area contributed by atoms with Crippen LogP contribution in [0.15, 0.2) is 12.2 Å². The molecule has 0 radical (unpaired) electrons. The van der Waals surface area contributed by atoms with Gasteiger partial charge in [-0.05, 0) is 6.92 Å². The van der Waals surface area contributed by atoms with Crippen LogP contribution in [0.5, 0.6) is 0 Å². The highest BCUT2D eigenvalue weighted by atomic mass is 16.7. The minimum absolute atomic E-state index is 0.103. The van der Waals surface area contributed by atoms with Crippen LogP contribution in [0.4, 0.5) is 0 Å². The SMILES string of the molecule is CC=CCOC(CO)OC. The molecule has 0 bridgehead atoms. The summed E-state index contributed by atoms with van der Waals surface area (Å²) >= 11 is 0. The van der Waals surface area contributed by atoms with E-state index in [4.69, 9.17) is 14.6 Å². The molecule has 0 saturated heterocycles. The fraction of sp³-hybridized carbons (Fsp3) is 0.714.